The van der Waals surface area contributed by atoms with E-state index >= 15 is 0 Å². The van der Waals surface area contributed by atoms with Gasteiger partial charge in [-0.25, -0.2) is 22.4 Å². The second-order valence-corrected chi connectivity index (χ2v) is 6.35. The minimum atomic E-state index is -2.14. The molecule has 0 unspecified atom stereocenters. The van der Waals surface area contributed by atoms with Crippen LogP contribution in [0.3, 0.4) is 0 Å². The Bertz CT molecular complexity index is 1240. The standard InChI is InChI=1S/C22H16F4N2O3/c1-2-31-22(30)14(21(29)13-9-15(23)19(25)20(26)18(13)24)10-28-17-8-12-6-4-3-5-11(12)7-16(17)27/h3-10,29H,2,27H2,1H3/b21-14-,28-10?. The molecule has 0 saturated heterocycles. The summed E-state index contributed by atoms with van der Waals surface area (Å²) in [5.41, 5.74) is 4.64. The smallest absolute Gasteiger partial charge is 0.343 e. The van der Waals surface area contributed by atoms with E-state index in [4.69, 9.17) is 10.5 Å². The quantitative estimate of drug-likeness (QED) is 0.0847. The Morgan fingerprint density at radius 1 is 1.06 bits per heavy atom. The molecule has 0 atom stereocenters. The fourth-order valence-electron chi connectivity index (χ4n) is 2.80. The van der Waals surface area contributed by atoms with E-state index in [1.807, 2.05) is 12.1 Å². The van der Waals surface area contributed by atoms with Gasteiger partial charge in [0.2, 0.25) is 0 Å². The van der Waals surface area contributed by atoms with Crippen LogP contribution in [0.1, 0.15) is 12.5 Å². The molecule has 3 aromatic carbocycles. The Kier molecular flexibility index (Phi) is 6.24. The highest BCUT2D eigenvalue weighted by atomic mass is 19.2. The number of fused-ring (bicyclic) bond motifs is 1. The monoisotopic (exact) mass is 432 g/mol. The summed E-state index contributed by atoms with van der Waals surface area (Å²) in [6.07, 6.45) is 0.826. The van der Waals surface area contributed by atoms with E-state index in [9.17, 15) is 27.5 Å². The first-order valence-electron chi connectivity index (χ1n) is 9.00. The van der Waals surface area contributed by atoms with Crippen LogP contribution in [0.25, 0.3) is 16.5 Å². The lowest BCUT2D eigenvalue weighted by Crippen LogP contribution is -2.12. The number of aliphatic hydroxyl groups is 1. The van der Waals surface area contributed by atoms with Gasteiger partial charge in [-0.1, -0.05) is 24.3 Å². The highest BCUT2D eigenvalue weighted by Gasteiger charge is 2.25. The molecule has 0 fully saturated rings. The number of aliphatic hydroxyl groups excluding tert-OH is 1. The van der Waals surface area contributed by atoms with Crippen molar-refractivity contribution in [1.29, 1.82) is 0 Å². The summed E-state index contributed by atoms with van der Waals surface area (Å²) >= 11 is 0. The lowest BCUT2D eigenvalue weighted by molar-refractivity contribution is -0.137. The van der Waals surface area contributed by atoms with Crippen molar-refractivity contribution < 1.29 is 32.2 Å². The number of nitrogen functional groups attached to an aromatic ring is 1. The third-order valence-corrected chi connectivity index (χ3v) is 4.34. The molecule has 0 spiro atoms. The minimum Gasteiger partial charge on any atom is -0.506 e. The summed E-state index contributed by atoms with van der Waals surface area (Å²) in [6.45, 7) is 1.36. The van der Waals surface area contributed by atoms with Gasteiger partial charge in [0.05, 0.1) is 23.5 Å². The topological polar surface area (TPSA) is 84.9 Å². The van der Waals surface area contributed by atoms with Crippen molar-refractivity contribution in [3.05, 3.63) is 76.9 Å². The lowest BCUT2D eigenvalue weighted by Gasteiger charge is -2.09. The second kappa shape index (κ2) is 8.86. The maximum absolute atomic E-state index is 14.1. The predicted molar refractivity (Wildman–Crippen MR) is 109 cm³/mol. The number of esters is 1. The molecule has 31 heavy (non-hydrogen) atoms. The van der Waals surface area contributed by atoms with E-state index in [2.05, 4.69) is 4.99 Å². The Labute approximate surface area is 174 Å². The van der Waals surface area contributed by atoms with Crippen molar-refractivity contribution in [2.75, 3.05) is 12.3 Å². The molecule has 5 nitrogen and oxygen atoms in total. The van der Waals surface area contributed by atoms with E-state index in [1.54, 1.807) is 24.3 Å². The largest absolute Gasteiger partial charge is 0.506 e. The van der Waals surface area contributed by atoms with Crippen LogP contribution in [0.15, 0.2) is 53.0 Å². The van der Waals surface area contributed by atoms with Crippen LogP contribution >= 0.6 is 0 Å². The molecule has 0 heterocycles. The van der Waals surface area contributed by atoms with E-state index in [0.717, 1.165) is 17.0 Å². The number of hydrogen-bond acceptors (Lipinski definition) is 5. The molecule has 3 rings (SSSR count). The fourth-order valence-corrected chi connectivity index (χ4v) is 2.80. The zero-order chi connectivity index (χ0) is 22.7. The zero-order valence-electron chi connectivity index (χ0n) is 16.1. The molecule has 0 saturated carbocycles. The summed E-state index contributed by atoms with van der Waals surface area (Å²) in [5, 5.41) is 12.0. The molecule has 3 N–H and O–H groups in total. The number of anilines is 1. The Hall–Kier alpha value is -3.88. The molecule has 3 aromatic rings. The van der Waals surface area contributed by atoms with E-state index in [-0.39, 0.29) is 24.0 Å². The minimum absolute atomic E-state index is 0.115. The third kappa shape index (κ3) is 4.35. The second-order valence-electron chi connectivity index (χ2n) is 6.35. The Morgan fingerprint density at radius 2 is 1.71 bits per heavy atom. The van der Waals surface area contributed by atoms with E-state index in [1.165, 1.54) is 6.92 Å². The molecular formula is C22H16F4N2O3. The molecule has 0 aliphatic heterocycles. The molecular weight excluding hydrogens is 416 g/mol. The Balaban J connectivity index is 2.15. The van der Waals surface area contributed by atoms with Gasteiger partial charge in [-0.05, 0) is 35.9 Å². The summed E-state index contributed by atoms with van der Waals surface area (Å²) in [7, 11) is 0. The van der Waals surface area contributed by atoms with Crippen LogP contribution in [-0.2, 0) is 9.53 Å². The molecule has 160 valence electrons. The van der Waals surface area contributed by atoms with Gasteiger partial charge >= 0.3 is 5.97 Å². The van der Waals surface area contributed by atoms with Gasteiger partial charge in [-0.15, -0.1) is 0 Å². The van der Waals surface area contributed by atoms with Gasteiger partial charge in [0.15, 0.2) is 23.3 Å². The van der Waals surface area contributed by atoms with Gasteiger partial charge in [-0.3, -0.25) is 4.99 Å². The van der Waals surface area contributed by atoms with Crippen molar-refractivity contribution in [2.45, 2.75) is 6.92 Å². The number of rotatable bonds is 5. The zero-order valence-corrected chi connectivity index (χ0v) is 16.1. The molecule has 9 heteroatoms. The lowest BCUT2D eigenvalue weighted by atomic mass is 10.1. The number of aliphatic imine (C=N–C) groups is 1. The van der Waals surface area contributed by atoms with Crippen LogP contribution in [0, 0.1) is 23.3 Å². The van der Waals surface area contributed by atoms with E-state index in [0.29, 0.717) is 0 Å². The van der Waals surface area contributed by atoms with Gasteiger partial charge in [0, 0.05) is 6.21 Å². The molecule has 0 bridgehead atoms. The molecule has 0 amide bonds. The highest BCUT2D eigenvalue weighted by Crippen LogP contribution is 2.29. The fraction of sp³-hybridized carbons (Fsp3) is 0.0909. The van der Waals surface area contributed by atoms with Crippen LogP contribution < -0.4 is 5.73 Å². The average molecular weight is 432 g/mol. The normalized spacial score (nSPS) is 12.3. The maximum Gasteiger partial charge on any atom is 0.343 e. The number of carbonyl (C=O) groups is 1. The number of carbonyl (C=O) groups excluding carboxylic acids is 1. The van der Waals surface area contributed by atoms with Gasteiger partial charge in [0.25, 0.3) is 0 Å². The summed E-state index contributed by atoms with van der Waals surface area (Å²) in [5.74, 6) is -10.1. The predicted octanol–water partition coefficient (Wildman–Crippen LogP) is 5.21. The van der Waals surface area contributed by atoms with Gasteiger partial charge in [-0.2, -0.15) is 0 Å². The summed E-state index contributed by atoms with van der Waals surface area (Å²) < 4.78 is 59.3. The van der Waals surface area contributed by atoms with E-state index < -0.39 is 46.1 Å². The first-order valence-corrected chi connectivity index (χ1v) is 9.00. The Morgan fingerprint density at radius 3 is 2.35 bits per heavy atom. The van der Waals surface area contributed by atoms with Crippen LogP contribution in [0.4, 0.5) is 28.9 Å². The van der Waals surface area contributed by atoms with Crippen LogP contribution in [0.2, 0.25) is 0 Å². The van der Waals surface area contributed by atoms with Crippen molar-refractivity contribution in [1.82, 2.24) is 0 Å². The number of ether oxygens (including phenoxy) is 1. The van der Waals surface area contributed by atoms with Gasteiger partial charge in [0.1, 0.15) is 11.3 Å². The number of benzene rings is 3. The van der Waals surface area contributed by atoms with Crippen LogP contribution in [0.5, 0.6) is 0 Å². The van der Waals surface area contributed by atoms with Crippen molar-refractivity contribution in [2.24, 2.45) is 4.99 Å². The average Bonchev–Trinajstić information content (AvgIpc) is 2.75. The first kappa shape index (κ1) is 21.8. The molecule has 0 aromatic heterocycles. The maximum atomic E-state index is 14.1. The van der Waals surface area contributed by atoms with Crippen LogP contribution in [-0.4, -0.2) is 23.9 Å². The number of nitrogens with zero attached hydrogens (tertiary/aromatic N) is 1. The number of halogens is 4. The third-order valence-electron chi connectivity index (χ3n) is 4.34. The SMILES string of the molecule is CCOC(=O)/C(C=Nc1cc2ccccc2cc1N)=C(\O)c1cc(F)c(F)c(F)c1F. The van der Waals surface area contributed by atoms with Crippen molar-refractivity contribution >= 4 is 40.1 Å². The van der Waals surface area contributed by atoms with Crippen molar-refractivity contribution in [3.8, 4) is 0 Å². The first-order chi connectivity index (χ1) is 14.7. The van der Waals surface area contributed by atoms with Gasteiger partial charge < -0.3 is 15.6 Å². The van der Waals surface area contributed by atoms with Crippen molar-refractivity contribution in [3.63, 3.8) is 0 Å². The number of hydrogen-bond donors (Lipinski definition) is 2. The highest BCUT2D eigenvalue weighted by molar-refractivity contribution is 6.15. The summed E-state index contributed by atoms with van der Waals surface area (Å²) in [4.78, 5) is 16.3. The number of nitrogens with two attached hydrogens (primary N) is 1. The summed E-state index contributed by atoms with van der Waals surface area (Å²) in [6, 6.07) is 10.7. The molecule has 0 aliphatic rings. The molecule has 0 radical (unpaired) electrons. The molecule has 0 aliphatic carbocycles.